The van der Waals surface area contributed by atoms with Gasteiger partial charge in [0.15, 0.2) is 0 Å². The highest BCUT2D eigenvalue weighted by Crippen LogP contribution is 2.31. The number of anilines is 1. The van der Waals surface area contributed by atoms with Gasteiger partial charge in [-0.2, -0.15) is 0 Å². The summed E-state index contributed by atoms with van der Waals surface area (Å²) in [6.45, 7) is 9.54. The van der Waals surface area contributed by atoms with Crippen LogP contribution in [0.15, 0.2) is 96.0 Å². The number of fused-ring (bicyclic) bond motifs is 1. The summed E-state index contributed by atoms with van der Waals surface area (Å²) >= 11 is 0. The summed E-state index contributed by atoms with van der Waals surface area (Å²) in [6, 6.07) is 28.0. The second-order valence-electron chi connectivity index (χ2n) is 11.3. The molecule has 2 saturated heterocycles. The van der Waals surface area contributed by atoms with Crippen LogP contribution >= 0.6 is 0 Å². The van der Waals surface area contributed by atoms with Crippen molar-refractivity contribution in [2.75, 3.05) is 57.3 Å². The van der Waals surface area contributed by atoms with Crippen molar-refractivity contribution in [3.63, 3.8) is 0 Å². The molecule has 6 rings (SSSR count). The summed E-state index contributed by atoms with van der Waals surface area (Å²) in [6.07, 6.45) is 5.31. The smallest absolute Gasteiger partial charge is 0.268 e. The van der Waals surface area contributed by atoms with Gasteiger partial charge in [-0.15, -0.1) is 0 Å². The zero-order valence-corrected chi connectivity index (χ0v) is 24.6. The Balaban J connectivity index is 0.955. The number of rotatable bonds is 10. The zero-order valence-electron chi connectivity index (χ0n) is 23.7. The van der Waals surface area contributed by atoms with Crippen LogP contribution in [0, 0.1) is 0 Å². The third kappa shape index (κ3) is 6.51. The molecule has 0 atom stereocenters. The van der Waals surface area contributed by atoms with Crippen LogP contribution in [0.5, 0.6) is 0 Å². The van der Waals surface area contributed by atoms with Crippen molar-refractivity contribution in [1.82, 2.24) is 19.1 Å². The average Bonchev–Trinajstić information content (AvgIpc) is 3.47. The van der Waals surface area contributed by atoms with Gasteiger partial charge >= 0.3 is 0 Å². The molecule has 0 bridgehead atoms. The maximum absolute atomic E-state index is 13.3. The zero-order chi connectivity index (χ0) is 28.1. The number of nitrogens with one attached hydrogen (secondary N) is 1. The van der Waals surface area contributed by atoms with Gasteiger partial charge < -0.3 is 10.2 Å². The number of hydrogen-bond donors (Lipinski definition) is 1. The van der Waals surface area contributed by atoms with E-state index in [0.29, 0.717) is 10.9 Å². The molecule has 3 heterocycles. The Morgan fingerprint density at radius 1 is 0.732 bits per heavy atom. The summed E-state index contributed by atoms with van der Waals surface area (Å²) < 4.78 is 28.0. The highest BCUT2D eigenvalue weighted by atomic mass is 32.2. The second-order valence-corrected chi connectivity index (χ2v) is 13.1. The van der Waals surface area contributed by atoms with Crippen molar-refractivity contribution in [1.29, 1.82) is 0 Å². The first-order valence-electron chi connectivity index (χ1n) is 15.0. The van der Waals surface area contributed by atoms with E-state index in [4.69, 9.17) is 0 Å². The quantitative estimate of drug-likeness (QED) is 0.280. The van der Waals surface area contributed by atoms with Gasteiger partial charge in [0.05, 0.1) is 10.4 Å². The largest absolute Gasteiger partial charge is 0.368 e. The molecule has 0 radical (unpaired) electrons. The normalized spacial score (nSPS) is 17.8. The Morgan fingerprint density at radius 2 is 1.44 bits per heavy atom. The van der Waals surface area contributed by atoms with Crippen molar-refractivity contribution < 1.29 is 8.42 Å². The molecule has 2 aliphatic heterocycles. The molecule has 7 nitrogen and oxygen atoms in total. The molecule has 4 aromatic rings. The van der Waals surface area contributed by atoms with Crippen molar-refractivity contribution in [2.24, 2.45) is 0 Å². The SMILES string of the molecule is O=S(=O)(c1ccccc1)n1ccc2c(N3CCN(CCCNC4CCN(Cc5ccccc5)CC4)CC3)cccc21. The van der Waals surface area contributed by atoms with E-state index in [1.165, 1.54) is 41.9 Å². The molecule has 2 fully saturated rings. The lowest BCUT2D eigenvalue weighted by molar-refractivity contribution is 0.188. The van der Waals surface area contributed by atoms with Crippen LogP contribution < -0.4 is 10.2 Å². The van der Waals surface area contributed by atoms with Gasteiger partial charge in [-0.05, 0) is 81.3 Å². The van der Waals surface area contributed by atoms with Crippen molar-refractivity contribution in [2.45, 2.75) is 36.7 Å². The standard InChI is InChI=1S/C33H41N5O2S/c39-41(40,30-11-5-2-6-12-30)38-22-17-31-32(13-7-14-33(31)38)37-25-23-35(24-26-37)19-8-18-34-29-15-20-36(21-16-29)27-28-9-3-1-4-10-28/h1-7,9-14,17,22,29,34H,8,15-16,18-21,23-27H2. The number of hydrogen-bond acceptors (Lipinski definition) is 6. The number of aromatic nitrogens is 1. The molecular weight excluding hydrogens is 530 g/mol. The molecule has 0 amide bonds. The predicted octanol–water partition coefficient (Wildman–Crippen LogP) is 4.64. The van der Waals surface area contributed by atoms with Gasteiger partial charge in [-0.25, -0.2) is 12.4 Å². The van der Waals surface area contributed by atoms with Crippen LogP contribution in [0.4, 0.5) is 5.69 Å². The van der Waals surface area contributed by atoms with Gasteiger partial charge in [0.25, 0.3) is 10.0 Å². The topological polar surface area (TPSA) is 60.8 Å². The maximum atomic E-state index is 13.3. The van der Waals surface area contributed by atoms with E-state index in [2.05, 4.69) is 56.4 Å². The summed E-state index contributed by atoms with van der Waals surface area (Å²) in [5.41, 5.74) is 3.25. The van der Waals surface area contributed by atoms with Crippen molar-refractivity contribution in [3.05, 3.63) is 96.7 Å². The molecule has 8 heteroatoms. The Labute approximate surface area is 244 Å². The third-order valence-corrected chi connectivity index (χ3v) is 10.3. The molecule has 0 unspecified atom stereocenters. The van der Waals surface area contributed by atoms with Gasteiger partial charge in [-0.1, -0.05) is 54.6 Å². The first kappa shape index (κ1) is 28.0. The van der Waals surface area contributed by atoms with Crippen LogP contribution in [-0.2, 0) is 16.6 Å². The number of likely N-dealkylation sites (tertiary alicyclic amines) is 1. The first-order valence-corrected chi connectivity index (χ1v) is 16.4. The molecule has 1 N–H and O–H groups in total. The minimum absolute atomic E-state index is 0.305. The monoisotopic (exact) mass is 571 g/mol. The fraction of sp³-hybridized carbons (Fsp3) is 0.394. The van der Waals surface area contributed by atoms with E-state index >= 15 is 0 Å². The minimum atomic E-state index is -3.63. The second kappa shape index (κ2) is 12.8. The van der Waals surface area contributed by atoms with Crippen LogP contribution in [-0.4, -0.2) is 80.6 Å². The van der Waals surface area contributed by atoms with Gasteiger partial charge in [0.1, 0.15) is 0 Å². The molecule has 3 aromatic carbocycles. The Kier molecular flexibility index (Phi) is 8.72. The van der Waals surface area contributed by atoms with E-state index in [9.17, 15) is 8.42 Å². The Morgan fingerprint density at radius 3 is 2.17 bits per heavy atom. The minimum Gasteiger partial charge on any atom is -0.368 e. The molecular formula is C33H41N5O2S. The Bertz CT molecular complexity index is 1510. The van der Waals surface area contributed by atoms with Crippen LogP contribution in [0.25, 0.3) is 10.9 Å². The van der Waals surface area contributed by atoms with Crippen LogP contribution in [0.2, 0.25) is 0 Å². The molecule has 216 valence electrons. The molecule has 41 heavy (non-hydrogen) atoms. The van der Waals surface area contributed by atoms with Crippen molar-refractivity contribution >= 4 is 26.6 Å². The maximum Gasteiger partial charge on any atom is 0.268 e. The van der Waals surface area contributed by atoms with E-state index in [1.54, 1.807) is 30.5 Å². The molecule has 0 spiro atoms. The van der Waals surface area contributed by atoms with E-state index in [0.717, 1.165) is 62.4 Å². The lowest BCUT2D eigenvalue weighted by Gasteiger charge is -2.36. The van der Waals surface area contributed by atoms with Crippen molar-refractivity contribution in [3.8, 4) is 0 Å². The number of benzene rings is 3. The lowest BCUT2D eigenvalue weighted by atomic mass is 10.0. The summed E-state index contributed by atoms with van der Waals surface area (Å²) in [5.74, 6) is 0. The molecule has 0 aliphatic carbocycles. The fourth-order valence-electron chi connectivity index (χ4n) is 6.28. The highest BCUT2D eigenvalue weighted by Gasteiger charge is 2.23. The summed E-state index contributed by atoms with van der Waals surface area (Å²) in [5, 5.41) is 4.80. The van der Waals surface area contributed by atoms with E-state index in [-0.39, 0.29) is 0 Å². The summed E-state index contributed by atoms with van der Waals surface area (Å²) in [7, 11) is -3.63. The lowest BCUT2D eigenvalue weighted by Crippen LogP contribution is -2.47. The van der Waals surface area contributed by atoms with E-state index in [1.807, 2.05) is 24.3 Å². The van der Waals surface area contributed by atoms with Crippen LogP contribution in [0.3, 0.4) is 0 Å². The van der Waals surface area contributed by atoms with Gasteiger partial charge in [-0.3, -0.25) is 9.80 Å². The fourth-order valence-corrected chi connectivity index (χ4v) is 7.64. The predicted molar refractivity (Wildman–Crippen MR) is 167 cm³/mol. The number of piperazine rings is 1. The number of piperidine rings is 1. The van der Waals surface area contributed by atoms with E-state index < -0.39 is 10.0 Å². The molecule has 0 saturated carbocycles. The first-order chi connectivity index (χ1) is 20.1. The van der Waals surface area contributed by atoms with Gasteiger partial charge in [0.2, 0.25) is 0 Å². The highest BCUT2D eigenvalue weighted by molar-refractivity contribution is 7.90. The average molecular weight is 572 g/mol. The number of nitrogens with zero attached hydrogens (tertiary/aromatic N) is 4. The van der Waals surface area contributed by atoms with Gasteiger partial charge in [0, 0.05) is 56.0 Å². The Hall–Kier alpha value is -3.17. The molecule has 2 aliphatic rings. The molecule has 1 aromatic heterocycles. The summed E-state index contributed by atoms with van der Waals surface area (Å²) in [4.78, 5) is 7.84. The van der Waals surface area contributed by atoms with Crippen LogP contribution in [0.1, 0.15) is 24.8 Å². The third-order valence-electron chi connectivity index (χ3n) is 8.61.